The van der Waals surface area contributed by atoms with Gasteiger partial charge >= 0.3 is 0 Å². The van der Waals surface area contributed by atoms with Crippen molar-refractivity contribution in [1.29, 1.82) is 0 Å². The molecule has 1 aliphatic heterocycles. The number of hydrogen-bond donors (Lipinski definition) is 1. The zero-order valence-corrected chi connectivity index (χ0v) is 11.5. The predicted molar refractivity (Wildman–Crippen MR) is 74.4 cm³/mol. The lowest BCUT2D eigenvalue weighted by Gasteiger charge is -2.20. The maximum absolute atomic E-state index is 9.81. The molecule has 1 aliphatic rings. The van der Waals surface area contributed by atoms with Crippen LogP contribution in [0.1, 0.15) is 13.3 Å². The Morgan fingerprint density at radius 3 is 2.89 bits per heavy atom. The van der Waals surface area contributed by atoms with Gasteiger partial charge in [0.05, 0.1) is 12.7 Å². The molecule has 1 heterocycles. The molecule has 0 aliphatic carbocycles. The summed E-state index contributed by atoms with van der Waals surface area (Å²) in [6, 6.07) is 9.90. The summed E-state index contributed by atoms with van der Waals surface area (Å²) in [5, 5.41) is 9.81. The maximum Gasteiger partial charge on any atom is 0.119 e. The third-order valence-corrected chi connectivity index (χ3v) is 3.26. The van der Waals surface area contributed by atoms with Crippen molar-refractivity contribution in [3.63, 3.8) is 0 Å². The minimum absolute atomic E-state index is 0.224. The first-order valence-electron chi connectivity index (χ1n) is 6.97. The summed E-state index contributed by atoms with van der Waals surface area (Å²) in [7, 11) is 0. The molecule has 1 saturated heterocycles. The third kappa shape index (κ3) is 4.82. The van der Waals surface area contributed by atoms with E-state index in [1.165, 1.54) is 0 Å². The van der Waals surface area contributed by atoms with E-state index in [0.717, 1.165) is 25.3 Å². The van der Waals surface area contributed by atoms with Crippen molar-refractivity contribution in [2.24, 2.45) is 0 Å². The van der Waals surface area contributed by atoms with Gasteiger partial charge in [-0.15, -0.1) is 0 Å². The molecule has 2 rings (SSSR count). The van der Waals surface area contributed by atoms with Crippen LogP contribution in [0.3, 0.4) is 0 Å². The topological polar surface area (TPSA) is 41.9 Å². The van der Waals surface area contributed by atoms with Gasteiger partial charge in [0, 0.05) is 26.2 Å². The van der Waals surface area contributed by atoms with Crippen LogP contribution in [-0.4, -0.2) is 55.1 Å². The second-order valence-corrected chi connectivity index (χ2v) is 4.91. The number of ether oxygens (including phenoxy) is 2. The first kappa shape index (κ1) is 14.3. The molecule has 1 N–H and O–H groups in total. The van der Waals surface area contributed by atoms with Gasteiger partial charge in [0.15, 0.2) is 0 Å². The van der Waals surface area contributed by atoms with Crippen LogP contribution in [0.5, 0.6) is 5.75 Å². The average Bonchev–Trinajstić information content (AvgIpc) is 2.85. The highest BCUT2D eigenvalue weighted by Gasteiger charge is 2.25. The van der Waals surface area contributed by atoms with E-state index in [-0.39, 0.29) is 6.10 Å². The van der Waals surface area contributed by atoms with Crippen LogP contribution in [-0.2, 0) is 4.74 Å². The highest BCUT2D eigenvalue weighted by molar-refractivity contribution is 5.21. The minimum atomic E-state index is -0.407. The number of aliphatic hydroxyl groups excluding tert-OH is 1. The van der Waals surface area contributed by atoms with Crippen molar-refractivity contribution in [3.8, 4) is 5.75 Å². The molecule has 0 aromatic heterocycles. The van der Waals surface area contributed by atoms with Crippen molar-refractivity contribution in [3.05, 3.63) is 30.3 Å². The van der Waals surface area contributed by atoms with Gasteiger partial charge in [0.2, 0.25) is 0 Å². The Labute approximate surface area is 114 Å². The normalized spacial score (nSPS) is 21.5. The van der Waals surface area contributed by atoms with Crippen LogP contribution in [0.25, 0.3) is 0 Å². The van der Waals surface area contributed by atoms with E-state index in [1.807, 2.05) is 37.3 Å². The first-order chi connectivity index (χ1) is 9.28. The number of aliphatic hydroxyl groups is 1. The SMILES string of the molecule is CCOCC(O)CN1CCC(Oc2ccccc2)C1. The average molecular weight is 265 g/mol. The Bertz CT molecular complexity index is 358. The second kappa shape index (κ2) is 7.48. The van der Waals surface area contributed by atoms with Crippen LogP contribution in [0.4, 0.5) is 0 Å². The molecule has 0 spiro atoms. The molecule has 1 fully saturated rings. The van der Waals surface area contributed by atoms with Gasteiger partial charge in [0.1, 0.15) is 11.9 Å². The summed E-state index contributed by atoms with van der Waals surface area (Å²) >= 11 is 0. The summed E-state index contributed by atoms with van der Waals surface area (Å²) < 4.78 is 11.1. The monoisotopic (exact) mass is 265 g/mol. The Morgan fingerprint density at radius 1 is 1.37 bits per heavy atom. The molecule has 1 aromatic rings. The first-order valence-corrected chi connectivity index (χ1v) is 6.97. The molecular formula is C15H23NO3. The molecule has 0 saturated carbocycles. The van der Waals surface area contributed by atoms with E-state index in [1.54, 1.807) is 0 Å². The Hall–Kier alpha value is -1.10. The Balaban J connectivity index is 1.71. The fourth-order valence-corrected chi connectivity index (χ4v) is 2.36. The molecule has 0 radical (unpaired) electrons. The van der Waals surface area contributed by atoms with Crippen molar-refractivity contribution in [2.45, 2.75) is 25.6 Å². The number of β-amino-alcohol motifs (C(OH)–C–C–N with tert-alkyl or cyclic N) is 1. The zero-order valence-electron chi connectivity index (χ0n) is 11.5. The quantitative estimate of drug-likeness (QED) is 0.812. The van der Waals surface area contributed by atoms with Crippen molar-refractivity contribution < 1.29 is 14.6 Å². The number of benzene rings is 1. The smallest absolute Gasteiger partial charge is 0.119 e. The molecule has 0 amide bonds. The molecule has 2 unspecified atom stereocenters. The van der Waals surface area contributed by atoms with Crippen molar-refractivity contribution in [2.75, 3.05) is 32.8 Å². The number of likely N-dealkylation sites (tertiary alicyclic amines) is 1. The lowest BCUT2D eigenvalue weighted by atomic mass is 10.3. The summed E-state index contributed by atoms with van der Waals surface area (Å²) in [6.45, 7) is 5.51. The van der Waals surface area contributed by atoms with Crippen LogP contribution in [0.2, 0.25) is 0 Å². The summed E-state index contributed by atoms with van der Waals surface area (Å²) in [5.41, 5.74) is 0. The summed E-state index contributed by atoms with van der Waals surface area (Å²) in [6.07, 6.45) is 0.827. The summed E-state index contributed by atoms with van der Waals surface area (Å²) in [4.78, 5) is 2.23. The number of para-hydroxylation sites is 1. The van der Waals surface area contributed by atoms with Gasteiger partial charge in [-0.2, -0.15) is 0 Å². The molecule has 4 nitrogen and oxygen atoms in total. The summed E-state index contributed by atoms with van der Waals surface area (Å²) in [5.74, 6) is 0.921. The highest BCUT2D eigenvalue weighted by Crippen LogP contribution is 2.18. The number of hydrogen-bond acceptors (Lipinski definition) is 4. The van der Waals surface area contributed by atoms with Gasteiger partial charge in [-0.25, -0.2) is 0 Å². The van der Waals surface area contributed by atoms with E-state index < -0.39 is 6.10 Å². The molecule has 19 heavy (non-hydrogen) atoms. The molecule has 1 aromatic carbocycles. The van der Waals surface area contributed by atoms with E-state index in [0.29, 0.717) is 19.8 Å². The van der Waals surface area contributed by atoms with Crippen LogP contribution in [0, 0.1) is 0 Å². The molecule has 0 bridgehead atoms. The maximum atomic E-state index is 9.81. The van der Waals surface area contributed by atoms with Gasteiger partial charge in [-0.05, 0) is 25.5 Å². The standard InChI is InChI=1S/C15H23NO3/c1-2-18-12-13(17)10-16-9-8-15(11-16)19-14-6-4-3-5-7-14/h3-7,13,15,17H,2,8-12H2,1H3. The van der Waals surface area contributed by atoms with E-state index >= 15 is 0 Å². The van der Waals surface area contributed by atoms with Gasteiger partial charge in [-0.1, -0.05) is 18.2 Å². The second-order valence-electron chi connectivity index (χ2n) is 4.91. The lowest BCUT2D eigenvalue weighted by Crippen LogP contribution is -2.34. The van der Waals surface area contributed by atoms with Crippen molar-refractivity contribution >= 4 is 0 Å². The van der Waals surface area contributed by atoms with E-state index in [4.69, 9.17) is 9.47 Å². The predicted octanol–water partition coefficient (Wildman–Crippen LogP) is 1.54. The molecular weight excluding hydrogens is 242 g/mol. The number of nitrogens with zero attached hydrogens (tertiary/aromatic N) is 1. The fraction of sp³-hybridized carbons (Fsp3) is 0.600. The van der Waals surface area contributed by atoms with E-state index in [2.05, 4.69) is 4.90 Å². The van der Waals surface area contributed by atoms with Gasteiger partial charge in [-0.3, -0.25) is 4.90 Å². The van der Waals surface area contributed by atoms with Gasteiger partial charge in [0.25, 0.3) is 0 Å². The highest BCUT2D eigenvalue weighted by atomic mass is 16.5. The van der Waals surface area contributed by atoms with E-state index in [9.17, 15) is 5.11 Å². The van der Waals surface area contributed by atoms with Crippen LogP contribution >= 0.6 is 0 Å². The van der Waals surface area contributed by atoms with Crippen LogP contribution < -0.4 is 4.74 Å². The number of rotatable bonds is 7. The minimum Gasteiger partial charge on any atom is -0.489 e. The Kier molecular flexibility index (Phi) is 5.63. The van der Waals surface area contributed by atoms with Crippen LogP contribution in [0.15, 0.2) is 30.3 Å². The molecule has 2 atom stereocenters. The molecule has 106 valence electrons. The van der Waals surface area contributed by atoms with Gasteiger partial charge < -0.3 is 14.6 Å². The zero-order chi connectivity index (χ0) is 13.5. The lowest BCUT2D eigenvalue weighted by molar-refractivity contribution is 0.0236. The molecule has 4 heteroatoms. The Morgan fingerprint density at radius 2 is 2.16 bits per heavy atom. The largest absolute Gasteiger partial charge is 0.489 e. The third-order valence-electron chi connectivity index (χ3n) is 3.26. The fourth-order valence-electron chi connectivity index (χ4n) is 2.36. The van der Waals surface area contributed by atoms with Crippen molar-refractivity contribution in [1.82, 2.24) is 4.90 Å².